The average molecular weight is 250 g/mol. The SMILES string of the molecule is CCNc1cc(NCC(CC)CC)nc(CC)n1. The molecule has 4 heteroatoms. The zero-order valence-corrected chi connectivity index (χ0v) is 12.1. The van der Waals surface area contributed by atoms with Crippen molar-refractivity contribution in [2.24, 2.45) is 5.92 Å². The Hall–Kier alpha value is -1.32. The molecule has 0 saturated heterocycles. The van der Waals surface area contributed by atoms with E-state index in [1.165, 1.54) is 12.8 Å². The van der Waals surface area contributed by atoms with Gasteiger partial charge in [0.1, 0.15) is 17.5 Å². The number of aryl methyl sites for hydroxylation is 1. The molecule has 1 rings (SSSR count). The Bertz CT molecular complexity index is 348. The van der Waals surface area contributed by atoms with Gasteiger partial charge in [0.2, 0.25) is 0 Å². The normalized spacial score (nSPS) is 10.7. The van der Waals surface area contributed by atoms with Crippen molar-refractivity contribution in [2.45, 2.75) is 47.0 Å². The molecule has 2 N–H and O–H groups in total. The molecular weight excluding hydrogens is 224 g/mol. The first-order chi connectivity index (χ1) is 8.73. The standard InChI is InChI=1S/C14H26N4/c1-5-11(6-2)10-16-14-9-13(15-8-4)17-12(7-3)18-14/h9,11H,5-8,10H2,1-4H3,(H2,15,16,17,18). The minimum atomic E-state index is 0.715. The van der Waals surface area contributed by atoms with Crippen molar-refractivity contribution in [3.05, 3.63) is 11.9 Å². The minimum absolute atomic E-state index is 0.715. The van der Waals surface area contributed by atoms with Crippen LogP contribution in [0.15, 0.2) is 6.07 Å². The Morgan fingerprint density at radius 2 is 1.61 bits per heavy atom. The van der Waals surface area contributed by atoms with E-state index >= 15 is 0 Å². The van der Waals surface area contributed by atoms with Crippen molar-refractivity contribution >= 4 is 11.6 Å². The first-order valence-corrected chi connectivity index (χ1v) is 7.09. The van der Waals surface area contributed by atoms with Crippen LogP contribution < -0.4 is 10.6 Å². The van der Waals surface area contributed by atoms with Crippen LogP contribution >= 0.6 is 0 Å². The van der Waals surface area contributed by atoms with Crippen molar-refractivity contribution in [3.63, 3.8) is 0 Å². The van der Waals surface area contributed by atoms with E-state index in [1.807, 2.05) is 6.07 Å². The van der Waals surface area contributed by atoms with Crippen LogP contribution in [0.4, 0.5) is 11.6 Å². The van der Waals surface area contributed by atoms with Crippen LogP contribution in [0.5, 0.6) is 0 Å². The molecule has 0 unspecified atom stereocenters. The number of nitrogens with one attached hydrogen (secondary N) is 2. The van der Waals surface area contributed by atoms with E-state index < -0.39 is 0 Å². The predicted octanol–water partition coefficient (Wildman–Crippen LogP) is 3.32. The van der Waals surface area contributed by atoms with Gasteiger partial charge in [-0.25, -0.2) is 9.97 Å². The molecule has 0 bridgehead atoms. The summed E-state index contributed by atoms with van der Waals surface area (Å²) < 4.78 is 0. The highest BCUT2D eigenvalue weighted by Crippen LogP contribution is 2.14. The lowest BCUT2D eigenvalue weighted by atomic mass is 10.0. The van der Waals surface area contributed by atoms with Crippen LogP contribution in [0.25, 0.3) is 0 Å². The van der Waals surface area contributed by atoms with E-state index in [0.29, 0.717) is 5.92 Å². The van der Waals surface area contributed by atoms with Crippen LogP contribution in [0.1, 0.15) is 46.4 Å². The number of nitrogens with zero attached hydrogens (tertiary/aromatic N) is 2. The van der Waals surface area contributed by atoms with E-state index in [9.17, 15) is 0 Å². The monoisotopic (exact) mass is 250 g/mol. The van der Waals surface area contributed by atoms with Crippen molar-refractivity contribution in [1.29, 1.82) is 0 Å². The molecule has 0 aliphatic heterocycles. The van der Waals surface area contributed by atoms with E-state index in [-0.39, 0.29) is 0 Å². The van der Waals surface area contributed by atoms with Crippen LogP contribution in [-0.4, -0.2) is 23.1 Å². The summed E-state index contributed by atoms with van der Waals surface area (Å²) >= 11 is 0. The van der Waals surface area contributed by atoms with Crippen molar-refractivity contribution < 1.29 is 0 Å². The summed E-state index contributed by atoms with van der Waals surface area (Å²) in [6, 6.07) is 1.99. The van der Waals surface area contributed by atoms with Gasteiger partial charge >= 0.3 is 0 Å². The van der Waals surface area contributed by atoms with E-state index in [4.69, 9.17) is 0 Å². The highest BCUT2D eigenvalue weighted by molar-refractivity contribution is 5.47. The van der Waals surface area contributed by atoms with Crippen LogP contribution in [0.3, 0.4) is 0 Å². The summed E-state index contributed by atoms with van der Waals surface area (Å²) in [6.07, 6.45) is 3.27. The van der Waals surface area contributed by atoms with E-state index in [0.717, 1.165) is 37.0 Å². The minimum Gasteiger partial charge on any atom is -0.370 e. The Labute approximate surface area is 111 Å². The van der Waals surface area contributed by atoms with Crippen LogP contribution in [0, 0.1) is 5.92 Å². The fourth-order valence-electron chi connectivity index (χ4n) is 1.84. The molecule has 0 aliphatic rings. The van der Waals surface area contributed by atoms with Gasteiger partial charge in [0.25, 0.3) is 0 Å². The quantitative estimate of drug-likeness (QED) is 0.743. The smallest absolute Gasteiger partial charge is 0.132 e. The molecule has 0 fully saturated rings. The Kier molecular flexibility index (Phi) is 6.47. The molecular formula is C14H26N4. The third-order valence-electron chi connectivity index (χ3n) is 3.17. The molecule has 0 atom stereocenters. The maximum Gasteiger partial charge on any atom is 0.132 e. The lowest BCUT2D eigenvalue weighted by Gasteiger charge is -2.15. The molecule has 0 amide bonds. The molecule has 1 aromatic rings. The fourth-order valence-corrected chi connectivity index (χ4v) is 1.84. The van der Waals surface area contributed by atoms with Gasteiger partial charge in [-0.15, -0.1) is 0 Å². The predicted molar refractivity (Wildman–Crippen MR) is 78.1 cm³/mol. The molecule has 18 heavy (non-hydrogen) atoms. The molecule has 0 saturated carbocycles. The molecule has 0 spiro atoms. The van der Waals surface area contributed by atoms with Gasteiger partial charge < -0.3 is 10.6 Å². The molecule has 0 aromatic carbocycles. The molecule has 102 valence electrons. The van der Waals surface area contributed by atoms with Crippen LogP contribution in [0.2, 0.25) is 0 Å². The Morgan fingerprint density at radius 3 is 2.11 bits per heavy atom. The third-order valence-corrected chi connectivity index (χ3v) is 3.17. The summed E-state index contributed by atoms with van der Waals surface area (Å²) in [5.74, 6) is 3.45. The highest BCUT2D eigenvalue weighted by atomic mass is 15.1. The Morgan fingerprint density at radius 1 is 1.00 bits per heavy atom. The first-order valence-electron chi connectivity index (χ1n) is 7.09. The summed E-state index contributed by atoms with van der Waals surface area (Å²) in [4.78, 5) is 8.96. The summed E-state index contributed by atoms with van der Waals surface area (Å²) in [6.45, 7) is 10.5. The summed E-state index contributed by atoms with van der Waals surface area (Å²) in [5, 5.41) is 6.68. The second-order valence-corrected chi connectivity index (χ2v) is 4.50. The number of rotatable bonds is 8. The number of hydrogen-bond donors (Lipinski definition) is 2. The van der Waals surface area contributed by atoms with Crippen molar-refractivity contribution in [2.75, 3.05) is 23.7 Å². The molecule has 0 aliphatic carbocycles. The van der Waals surface area contributed by atoms with E-state index in [1.54, 1.807) is 0 Å². The summed E-state index contributed by atoms with van der Waals surface area (Å²) in [5.41, 5.74) is 0. The van der Waals surface area contributed by atoms with Gasteiger partial charge in [-0.2, -0.15) is 0 Å². The zero-order valence-electron chi connectivity index (χ0n) is 12.1. The maximum absolute atomic E-state index is 4.51. The maximum atomic E-state index is 4.51. The largest absolute Gasteiger partial charge is 0.370 e. The third kappa shape index (κ3) is 4.51. The van der Waals surface area contributed by atoms with Gasteiger partial charge in [-0.3, -0.25) is 0 Å². The second kappa shape index (κ2) is 7.90. The van der Waals surface area contributed by atoms with E-state index in [2.05, 4.69) is 48.3 Å². The number of aromatic nitrogens is 2. The van der Waals surface area contributed by atoms with Gasteiger partial charge in [-0.05, 0) is 12.8 Å². The van der Waals surface area contributed by atoms with Gasteiger partial charge in [-0.1, -0.05) is 33.6 Å². The van der Waals surface area contributed by atoms with Crippen molar-refractivity contribution in [3.8, 4) is 0 Å². The lowest BCUT2D eigenvalue weighted by molar-refractivity contribution is 0.518. The second-order valence-electron chi connectivity index (χ2n) is 4.50. The van der Waals surface area contributed by atoms with Crippen molar-refractivity contribution in [1.82, 2.24) is 9.97 Å². The zero-order chi connectivity index (χ0) is 13.4. The molecule has 0 radical (unpaired) electrons. The number of hydrogen-bond acceptors (Lipinski definition) is 4. The number of anilines is 2. The van der Waals surface area contributed by atoms with Gasteiger partial charge in [0.15, 0.2) is 0 Å². The molecule has 1 aromatic heterocycles. The van der Waals surface area contributed by atoms with Crippen LogP contribution in [-0.2, 0) is 6.42 Å². The highest BCUT2D eigenvalue weighted by Gasteiger charge is 2.06. The topological polar surface area (TPSA) is 49.8 Å². The average Bonchev–Trinajstić information content (AvgIpc) is 2.40. The molecule has 4 nitrogen and oxygen atoms in total. The summed E-state index contributed by atoms with van der Waals surface area (Å²) in [7, 11) is 0. The first kappa shape index (κ1) is 14.7. The Balaban J connectivity index is 2.71. The fraction of sp³-hybridized carbons (Fsp3) is 0.714. The van der Waals surface area contributed by atoms with Gasteiger partial charge in [0.05, 0.1) is 0 Å². The molecule has 1 heterocycles. The van der Waals surface area contributed by atoms with Gasteiger partial charge in [0, 0.05) is 25.6 Å². The lowest BCUT2D eigenvalue weighted by Crippen LogP contribution is -2.15.